The van der Waals surface area contributed by atoms with Crippen LogP contribution in [0, 0.1) is 0 Å². The van der Waals surface area contributed by atoms with Gasteiger partial charge in [0.15, 0.2) is 10.9 Å². The molecule has 0 saturated heterocycles. The molecule has 1 aromatic carbocycles. The molecule has 0 unspecified atom stereocenters. The van der Waals surface area contributed by atoms with E-state index in [2.05, 4.69) is 30.8 Å². The number of hydrogen-bond acceptors (Lipinski definition) is 9. The highest BCUT2D eigenvalue weighted by Gasteiger charge is 2.16. The number of thioether (sulfide) groups is 1. The molecule has 0 amide bonds. The van der Waals surface area contributed by atoms with Crippen LogP contribution in [0.4, 0.5) is 11.9 Å². The predicted molar refractivity (Wildman–Crippen MR) is 105 cm³/mol. The van der Waals surface area contributed by atoms with Crippen molar-refractivity contribution in [2.45, 2.75) is 19.0 Å². The standard InChI is InChI=1S/C17H21N7O2S/c1-4-18-14-20-15(19-5-2)24-16(21-14)22-23-17(24)27-10-13(25)11-6-8-12(26-3)9-7-11/h6-9H,4-5,10H2,1-3H3,(H2,18,19,20,21,22). The molecule has 3 aromatic rings. The van der Waals surface area contributed by atoms with E-state index in [1.807, 2.05) is 13.8 Å². The Balaban J connectivity index is 1.80. The third kappa shape index (κ3) is 4.27. The van der Waals surface area contributed by atoms with Crippen molar-refractivity contribution in [1.82, 2.24) is 24.6 Å². The maximum absolute atomic E-state index is 12.4. The quantitative estimate of drug-likeness (QED) is 0.423. The van der Waals surface area contributed by atoms with E-state index in [9.17, 15) is 4.79 Å². The first-order valence-electron chi connectivity index (χ1n) is 8.57. The Morgan fingerprint density at radius 3 is 2.52 bits per heavy atom. The highest BCUT2D eigenvalue weighted by atomic mass is 32.2. The van der Waals surface area contributed by atoms with Crippen molar-refractivity contribution in [2.75, 3.05) is 36.6 Å². The summed E-state index contributed by atoms with van der Waals surface area (Å²) in [5.74, 6) is 2.44. The smallest absolute Gasteiger partial charge is 0.261 e. The molecule has 0 atom stereocenters. The lowest BCUT2D eigenvalue weighted by molar-refractivity contribution is 0.102. The lowest BCUT2D eigenvalue weighted by atomic mass is 10.1. The molecule has 2 N–H and O–H groups in total. The van der Waals surface area contributed by atoms with E-state index in [4.69, 9.17) is 4.74 Å². The summed E-state index contributed by atoms with van der Waals surface area (Å²) in [6.45, 7) is 5.33. The number of fused-ring (bicyclic) bond motifs is 1. The molecule has 0 aliphatic rings. The van der Waals surface area contributed by atoms with Crippen LogP contribution < -0.4 is 15.4 Å². The van der Waals surface area contributed by atoms with Crippen molar-refractivity contribution in [3.63, 3.8) is 0 Å². The van der Waals surface area contributed by atoms with E-state index in [1.54, 1.807) is 35.8 Å². The van der Waals surface area contributed by atoms with Gasteiger partial charge in [0.25, 0.3) is 5.78 Å². The van der Waals surface area contributed by atoms with Crippen LogP contribution in [0.1, 0.15) is 24.2 Å². The predicted octanol–water partition coefficient (Wildman–Crippen LogP) is 2.37. The average Bonchev–Trinajstić information content (AvgIpc) is 3.10. The zero-order valence-electron chi connectivity index (χ0n) is 15.4. The van der Waals surface area contributed by atoms with Crippen LogP contribution >= 0.6 is 11.8 Å². The highest BCUT2D eigenvalue weighted by Crippen LogP contribution is 2.22. The topological polar surface area (TPSA) is 106 Å². The minimum absolute atomic E-state index is 0.00501. The first kappa shape index (κ1) is 18.9. The van der Waals surface area contributed by atoms with E-state index < -0.39 is 0 Å². The number of ketones is 1. The Labute approximate surface area is 161 Å². The van der Waals surface area contributed by atoms with Gasteiger partial charge in [0, 0.05) is 18.7 Å². The minimum Gasteiger partial charge on any atom is -0.497 e. The highest BCUT2D eigenvalue weighted by molar-refractivity contribution is 7.99. The fourth-order valence-electron chi connectivity index (χ4n) is 2.39. The summed E-state index contributed by atoms with van der Waals surface area (Å²) in [4.78, 5) is 21.3. The zero-order valence-corrected chi connectivity index (χ0v) is 16.2. The molecule has 2 heterocycles. The molecule has 142 valence electrons. The third-order valence-corrected chi connectivity index (χ3v) is 4.59. The van der Waals surface area contributed by atoms with E-state index >= 15 is 0 Å². The number of hydrogen-bond donors (Lipinski definition) is 2. The van der Waals surface area contributed by atoms with Gasteiger partial charge in [0.05, 0.1) is 12.9 Å². The van der Waals surface area contributed by atoms with Gasteiger partial charge in [0.2, 0.25) is 11.9 Å². The monoisotopic (exact) mass is 387 g/mol. The SMILES string of the molecule is CCNc1nc(NCC)n2c(SCC(=O)c3ccc(OC)cc3)nnc2n1. The second-order valence-corrected chi connectivity index (χ2v) is 6.43. The molecule has 0 radical (unpaired) electrons. The fraction of sp³-hybridized carbons (Fsp3) is 0.353. The van der Waals surface area contributed by atoms with E-state index in [0.717, 1.165) is 0 Å². The minimum atomic E-state index is -0.00501. The number of ether oxygens (including phenoxy) is 1. The normalized spacial score (nSPS) is 10.8. The van der Waals surface area contributed by atoms with Gasteiger partial charge >= 0.3 is 0 Å². The Kier molecular flexibility index (Phi) is 6.07. The van der Waals surface area contributed by atoms with Gasteiger partial charge in [-0.25, -0.2) is 4.40 Å². The molecule has 0 fully saturated rings. The molecule has 0 spiro atoms. The van der Waals surface area contributed by atoms with Crippen molar-refractivity contribution in [1.29, 1.82) is 0 Å². The van der Waals surface area contributed by atoms with Crippen LogP contribution in [0.5, 0.6) is 5.75 Å². The number of rotatable bonds is 9. The first-order valence-corrected chi connectivity index (χ1v) is 9.55. The van der Waals surface area contributed by atoms with Crippen LogP contribution in [0.2, 0.25) is 0 Å². The average molecular weight is 387 g/mol. The van der Waals surface area contributed by atoms with Crippen molar-refractivity contribution in [2.24, 2.45) is 0 Å². The molecule has 27 heavy (non-hydrogen) atoms. The Morgan fingerprint density at radius 2 is 1.85 bits per heavy atom. The van der Waals surface area contributed by atoms with Crippen molar-refractivity contribution < 1.29 is 9.53 Å². The Morgan fingerprint density at radius 1 is 1.11 bits per heavy atom. The van der Waals surface area contributed by atoms with Crippen LogP contribution in [0.15, 0.2) is 29.4 Å². The Hall–Kier alpha value is -2.88. The van der Waals surface area contributed by atoms with E-state index in [1.165, 1.54) is 11.8 Å². The van der Waals surface area contributed by atoms with Crippen LogP contribution in [-0.4, -0.2) is 56.3 Å². The number of Topliss-reactive ketones (excluding diaryl/α,β-unsaturated/α-hetero) is 1. The molecule has 0 aliphatic carbocycles. The van der Waals surface area contributed by atoms with Gasteiger partial charge in [-0.1, -0.05) is 11.8 Å². The van der Waals surface area contributed by atoms with Crippen molar-refractivity contribution in [3.8, 4) is 5.75 Å². The molecule has 2 aromatic heterocycles. The second kappa shape index (κ2) is 8.67. The Bertz CT molecular complexity index is 927. The number of nitrogens with one attached hydrogen (secondary N) is 2. The van der Waals surface area contributed by atoms with Gasteiger partial charge in [-0.15, -0.1) is 10.2 Å². The third-order valence-electron chi connectivity index (χ3n) is 3.66. The summed E-state index contributed by atoms with van der Waals surface area (Å²) < 4.78 is 6.83. The number of methoxy groups -OCH3 is 1. The largest absolute Gasteiger partial charge is 0.497 e. The number of carbonyl (C=O) groups excluding carboxylic acids is 1. The second-order valence-electron chi connectivity index (χ2n) is 5.49. The summed E-state index contributed by atoms with van der Waals surface area (Å²) in [5, 5.41) is 15.1. The van der Waals surface area contributed by atoms with E-state index in [0.29, 0.717) is 47.2 Å². The fourth-order valence-corrected chi connectivity index (χ4v) is 3.21. The molecular weight excluding hydrogens is 366 g/mol. The summed E-state index contributed by atoms with van der Waals surface area (Å²) in [7, 11) is 1.59. The van der Waals surface area contributed by atoms with E-state index in [-0.39, 0.29) is 11.5 Å². The summed E-state index contributed by atoms with van der Waals surface area (Å²) in [6.07, 6.45) is 0. The number of carbonyl (C=O) groups is 1. The summed E-state index contributed by atoms with van der Waals surface area (Å²) in [6, 6.07) is 7.03. The lowest BCUT2D eigenvalue weighted by Crippen LogP contribution is -2.12. The number of benzene rings is 1. The van der Waals surface area contributed by atoms with Gasteiger partial charge in [-0.05, 0) is 38.1 Å². The molecule has 10 heteroatoms. The van der Waals surface area contributed by atoms with Crippen LogP contribution in [0.3, 0.4) is 0 Å². The van der Waals surface area contributed by atoms with Crippen LogP contribution in [-0.2, 0) is 0 Å². The van der Waals surface area contributed by atoms with Gasteiger partial charge < -0.3 is 15.4 Å². The number of anilines is 2. The van der Waals surface area contributed by atoms with Gasteiger partial charge in [-0.2, -0.15) is 9.97 Å². The van der Waals surface area contributed by atoms with Gasteiger partial charge in [0.1, 0.15) is 5.75 Å². The lowest BCUT2D eigenvalue weighted by Gasteiger charge is -2.09. The van der Waals surface area contributed by atoms with Gasteiger partial charge in [-0.3, -0.25) is 4.79 Å². The molecule has 0 bridgehead atoms. The van der Waals surface area contributed by atoms with Crippen molar-refractivity contribution >= 4 is 35.2 Å². The molecule has 9 nitrogen and oxygen atoms in total. The van der Waals surface area contributed by atoms with Crippen LogP contribution in [0.25, 0.3) is 5.78 Å². The van der Waals surface area contributed by atoms with Crippen molar-refractivity contribution in [3.05, 3.63) is 29.8 Å². The zero-order chi connectivity index (χ0) is 19.2. The molecule has 0 aliphatic heterocycles. The molecule has 3 rings (SSSR count). The first-order chi connectivity index (χ1) is 13.2. The number of nitrogens with zero attached hydrogens (tertiary/aromatic N) is 5. The maximum Gasteiger partial charge on any atom is 0.261 e. The summed E-state index contributed by atoms with van der Waals surface area (Å²) in [5.41, 5.74) is 0.620. The maximum atomic E-state index is 12.4. The summed E-state index contributed by atoms with van der Waals surface area (Å²) >= 11 is 1.30. The molecular formula is C17H21N7O2S. The molecule has 0 saturated carbocycles. The number of aromatic nitrogens is 5.